The minimum Gasteiger partial charge on any atom is -0.313 e. The summed E-state index contributed by atoms with van der Waals surface area (Å²) in [4.78, 5) is 11.7. The lowest BCUT2D eigenvalue weighted by molar-refractivity contribution is 0.111. The van der Waals surface area contributed by atoms with Gasteiger partial charge in [-0.2, -0.15) is 5.10 Å². The molecule has 1 heterocycles. The summed E-state index contributed by atoms with van der Waals surface area (Å²) in [7, 11) is 1.92. The van der Waals surface area contributed by atoms with Gasteiger partial charge in [0.15, 0.2) is 6.29 Å². The Morgan fingerprint density at radius 3 is 2.58 bits per heavy atom. The molecule has 194 valence electrons. The first kappa shape index (κ1) is 27.8. The first-order valence-corrected chi connectivity index (χ1v) is 13.5. The molecule has 1 saturated carbocycles. The molecule has 0 radical (unpaired) electrons. The highest BCUT2D eigenvalue weighted by Gasteiger charge is 2.30. The molecule has 5 heteroatoms. The van der Waals surface area contributed by atoms with Crippen molar-refractivity contribution in [3.8, 4) is 0 Å². The van der Waals surface area contributed by atoms with Crippen molar-refractivity contribution in [1.29, 1.82) is 0 Å². The van der Waals surface area contributed by atoms with Crippen LogP contribution in [0, 0.1) is 5.82 Å². The number of halogens is 1. The Labute approximate surface area is 216 Å². The maximum atomic E-state index is 13.7. The summed E-state index contributed by atoms with van der Waals surface area (Å²) < 4.78 is 15.9. The summed E-state index contributed by atoms with van der Waals surface area (Å²) in [5, 5.41) is 7.87. The molecule has 1 N–H and O–H groups in total. The molecule has 2 aliphatic rings. The third-order valence-corrected chi connectivity index (χ3v) is 7.58. The molecular weight excluding hydrogens is 449 g/mol. The van der Waals surface area contributed by atoms with Crippen LogP contribution >= 0.6 is 0 Å². The van der Waals surface area contributed by atoms with E-state index in [1.165, 1.54) is 31.0 Å². The maximum Gasteiger partial charge on any atom is 0.170 e. The zero-order chi connectivity index (χ0) is 25.9. The van der Waals surface area contributed by atoms with Crippen molar-refractivity contribution in [2.75, 3.05) is 7.05 Å². The van der Waals surface area contributed by atoms with Gasteiger partial charge in [-0.05, 0) is 75.8 Å². The number of benzene rings is 1. The summed E-state index contributed by atoms with van der Waals surface area (Å²) in [6.07, 6.45) is 17.7. The summed E-state index contributed by atoms with van der Waals surface area (Å²) in [6.45, 7) is 9.39. The highest BCUT2D eigenvalue weighted by molar-refractivity contribution is 5.75. The number of nitrogens with zero attached hydrogens (tertiary/aromatic N) is 2. The second-order valence-electron chi connectivity index (χ2n) is 10.00. The van der Waals surface area contributed by atoms with Gasteiger partial charge in [0.05, 0.1) is 6.04 Å². The first-order valence-electron chi connectivity index (χ1n) is 13.5. The summed E-state index contributed by atoms with van der Waals surface area (Å²) in [5.41, 5.74) is 5.26. The van der Waals surface area contributed by atoms with E-state index >= 15 is 0 Å². The molecule has 2 aliphatic carbocycles. The van der Waals surface area contributed by atoms with Crippen molar-refractivity contribution in [2.45, 2.75) is 89.1 Å². The molecule has 4 nitrogen and oxygen atoms in total. The van der Waals surface area contributed by atoms with E-state index in [2.05, 4.69) is 30.1 Å². The zero-order valence-electron chi connectivity index (χ0n) is 22.0. The van der Waals surface area contributed by atoms with Gasteiger partial charge in [0, 0.05) is 23.2 Å². The fraction of sp³-hybridized carbons (Fsp3) is 0.484. The van der Waals surface area contributed by atoms with Gasteiger partial charge in [0.25, 0.3) is 0 Å². The predicted molar refractivity (Wildman–Crippen MR) is 147 cm³/mol. The molecular formula is C31H42FN3O. The van der Waals surface area contributed by atoms with Crippen LogP contribution in [0.1, 0.15) is 97.6 Å². The zero-order valence-corrected chi connectivity index (χ0v) is 22.0. The predicted octanol–water partition coefficient (Wildman–Crippen LogP) is 7.29. The Hall–Kier alpha value is -2.79. The molecule has 0 amide bonds. The Kier molecular flexibility index (Phi) is 10.9. The van der Waals surface area contributed by atoms with Crippen molar-refractivity contribution in [2.24, 2.45) is 0 Å². The second-order valence-corrected chi connectivity index (χ2v) is 10.00. The third kappa shape index (κ3) is 7.13. The lowest BCUT2D eigenvalue weighted by atomic mass is 9.89. The van der Waals surface area contributed by atoms with Gasteiger partial charge in [0.1, 0.15) is 11.5 Å². The van der Waals surface area contributed by atoms with Crippen LogP contribution in [0.4, 0.5) is 4.39 Å². The molecule has 0 saturated heterocycles. The van der Waals surface area contributed by atoms with E-state index in [0.29, 0.717) is 23.7 Å². The molecule has 0 aliphatic heterocycles. The van der Waals surface area contributed by atoms with Gasteiger partial charge in [-0.25, -0.2) is 4.39 Å². The minimum atomic E-state index is -0.175. The van der Waals surface area contributed by atoms with Crippen LogP contribution < -0.4 is 5.32 Å². The van der Waals surface area contributed by atoms with Gasteiger partial charge in [0.2, 0.25) is 0 Å². The van der Waals surface area contributed by atoms with E-state index in [1.807, 2.05) is 25.3 Å². The van der Waals surface area contributed by atoms with Crippen LogP contribution in [0.5, 0.6) is 0 Å². The molecule has 1 fully saturated rings. The van der Waals surface area contributed by atoms with Crippen LogP contribution in [0.15, 0.2) is 61.2 Å². The number of likely N-dealkylation sites (N-methyl/N-ethyl adjacent to an activating group) is 1. The number of carbonyl (C=O) groups excluding carboxylic acids is 1. The molecule has 36 heavy (non-hydrogen) atoms. The monoisotopic (exact) mass is 491 g/mol. The number of rotatable bonds is 8. The smallest absolute Gasteiger partial charge is 0.170 e. The van der Waals surface area contributed by atoms with Crippen LogP contribution in [0.2, 0.25) is 0 Å². The largest absolute Gasteiger partial charge is 0.313 e. The number of aldehydes is 1. The Bertz CT molecular complexity index is 1050. The van der Waals surface area contributed by atoms with Gasteiger partial charge in [-0.1, -0.05) is 69.2 Å². The van der Waals surface area contributed by atoms with E-state index in [1.54, 1.807) is 18.2 Å². The van der Waals surface area contributed by atoms with Crippen molar-refractivity contribution < 1.29 is 9.18 Å². The van der Waals surface area contributed by atoms with Crippen LogP contribution in [-0.2, 0) is 12.8 Å². The molecule has 1 aromatic carbocycles. The lowest BCUT2D eigenvalue weighted by Crippen LogP contribution is -2.22. The van der Waals surface area contributed by atoms with E-state index in [4.69, 9.17) is 5.10 Å². The average molecular weight is 492 g/mol. The van der Waals surface area contributed by atoms with Crippen molar-refractivity contribution >= 4 is 6.29 Å². The second kappa shape index (κ2) is 14.1. The molecule has 1 unspecified atom stereocenters. The fourth-order valence-corrected chi connectivity index (χ4v) is 5.56. The molecule has 2 aromatic rings. The van der Waals surface area contributed by atoms with Crippen LogP contribution in [0.3, 0.4) is 0 Å². The summed E-state index contributed by atoms with van der Waals surface area (Å²) in [5.74, 6) is 0.142. The number of nitrogens with one attached hydrogen (secondary N) is 1. The molecule has 1 aromatic heterocycles. The number of hydrogen-bond donors (Lipinski definition) is 1. The highest BCUT2D eigenvalue weighted by Crippen LogP contribution is 2.39. The van der Waals surface area contributed by atoms with Gasteiger partial charge < -0.3 is 5.32 Å². The topological polar surface area (TPSA) is 46.9 Å². The van der Waals surface area contributed by atoms with Gasteiger partial charge in [-0.15, -0.1) is 0 Å². The quantitative estimate of drug-likeness (QED) is 0.240. The molecule has 0 spiro atoms. The third-order valence-electron chi connectivity index (χ3n) is 7.58. The number of aromatic nitrogens is 2. The fourth-order valence-electron chi connectivity index (χ4n) is 5.56. The molecule has 0 bridgehead atoms. The van der Waals surface area contributed by atoms with Gasteiger partial charge >= 0.3 is 0 Å². The van der Waals surface area contributed by atoms with E-state index in [-0.39, 0.29) is 5.82 Å². The average Bonchev–Trinajstić information content (AvgIpc) is 3.15. The number of fused-ring (bicyclic) bond motifs is 1. The van der Waals surface area contributed by atoms with Crippen molar-refractivity contribution in [3.05, 3.63) is 89.6 Å². The lowest BCUT2D eigenvalue weighted by Gasteiger charge is -2.27. The van der Waals surface area contributed by atoms with Gasteiger partial charge in [-0.3, -0.25) is 9.48 Å². The van der Waals surface area contributed by atoms with Crippen molar-refractivity contribution in [3.63, 3.8) is 0 Å². The summed E-state index contributed by atoms with van der Waals surface area (Å²) >= 11 is 0. The van der Waals surface area contributed by atoms with Crippen LogP contribution in [-0.4, -0.2) is 29.2 Å². The highest BCUT2D eigenvalue weighted by atomic mass is 19.1. The van der Waals surface area contributed by atoms with Crippen LogP contribution in [0.25, 0.3) is 0 Å². The summed E-state index contributed by atoms with van der Waals surface area (Å²) in [6, 6.07) is 7.72. The standard InChI is InChI=1S/C22H27FN2O.C9H15N/c23-18-9-6-7-16(14-18)13-17-8-4-5-12-20-21(15-26)24-25(22(17)20)19-10-2-1-3-11-19;1-5-7-9(6-2)8(3)10-4/h6-7,9,14-15,17,19H,1-5,8,10-13H2;5-8,10H,1-2H2,3-4H3/b;9-7+/t;8-/m.0/s1. The molecule has 4 rings (SSSR count). The Morgan fingerprint density at radius 1 is 1.19 bits per heavy atom. The minimum absolute atomic E-state index is 0.175. The maximum absolute atomic E-state index is 13.7. The number of hydrogen-bond acceptors (Lipinski definition) is 3. The van der Waals surface area contributed by atoms with E-state index in [0.717, 1.165) is 67.9 Å². The van der Waals surface area contributed by atoms with E-state index in [9.17, 15) is 9.18 Å². The van der Waals surface area contributed by atoms with E-state index < -0.39 is 0 Å². The Balaban J connectivity index is 0.000000308. The Morgan fingerprint density at radius 2 is 1.94 bits per heavy atom. The molecule has 2 atom stereocenters. The normalized spacial score (nSPS) is 19.3. The first-order chi connectivity index (χ1) is 17.5. The number of carbonyl (C=O) groups is 1. The number of allylic oxidation sites excluding steroid dienone is 2. The SMILES string of the molecule is C=C/C=C(\C=C)[C@H](C)NC.O=Cc1nn(C2CCCCC2)c2c1CCCCC2Cc1cccc(F)c1. The van der Waals surface area contributed by atoms with Crippen molar-refractivity contribution in [1.82, 2.24) is 15.1 Å².